The van der Waals surface area contributed by atoms with Gasteiger partial charge in [0.05, 0.1) is 12.6 Å². The van der Waals surface area contributed by atoms with Crippen LogP contribution in [0.4, 0.5) is 0 Å². The molecule has 0 bridgehead atoms. The number of rotatable bonds is 9. The predicted octanol–water partition coefficient (Wildman–Crippen LogP) is 4.04. The van der Waals surface area contributed by atoms with Crippen LogP contribution in [-0.2, 0) is 17.9 Å². The lowest BCUT2D eigenvalue weighted by Gasteiger charge is -2.10. The van der Waals surface area contributed by atoms with Crippen molar-refractivity contribution in [1.82, 2.24) is 5.32 Å². The molecule has 0 saturated heterocycles. The molecular formula is C16H29NO2. The monoisotopic (exact) mass is 267 g/mol. The normalized spacial score (nSPS) is 13.2. The van der Waals surface area contributed by atoms with Crippen molar-refractivity contribution in [1.29, 1.82) is 0 Å². The van der Waals surface area contributed by atoms with Gasteiger partial charge in [0.1, 0.15) is 18.1 Å². The molecule has 0 aromatic carbocycles. The van der Waals surface area contributed by atoms with Crippen LogP contribution in [0.25, 0.3) is 0 Å². The quantitative estimate of drug-likeness (QED) is 0.733. The Morgan fingerprint density at radius 3 is 2.68 bits per heavy atom. The van der Waals surface area contributed by atoms with Crippen molar-refractivity contribution in [2.75, 3.05) is 6.54 Å². The highest BCUT2D eigenvalue weighted by Crippen LogP contribution is 2.16. The van der Waals surface area contributed by atoms with Crippen LogP contribution in [0.1, 0.15) is 57.6 Å². The van der Waals surface area contributed by atoms with Crippen molar-refractivity contribution in [3.8, 4) is 0 Å². The van der Waals surface area contributed by atoms with E-state index in [0.717, 1.165) is 37.5 Å². The van der Waals surface area contributed by atoms with Gasteiger partial charge in [-0.15, -0.1) is 0 Å². The van der Waals surface area contributed by atoms with Gasteiger partial charge in [0, 0.05) is 0 Å². The third kappa shape index (κ3) is 6.26. The van der Waals surface area contributed by atoms with E-state index in [9.17, 15) is 0 Å². The first-order valence-electron chi connectivity index (χ1n) is 7.43. The van der Waals surface area contributed by atoms with Gasteiger partial charge >= 0.3 is 0 Å². The molecule has 0 amide bonds. The number of hydrogen-bond donors (Lipinski definition) is 1. The second-order valence-electron chi connectivity index (χ2n) is 5.75. The Kier molecular flexibility index (Phi) is 7.17. The second kappa shape index (κ2) is 8.39. The van der Waals surface area contributed by atoms with Gasteiger partial charge in [-0.25, -0.2) is 0 Å². The molecular weight excluding hydrogens is 238 g/mol. The van der Waals surface area contributed by atoms with E-state index in [1.165, 1.54) is 5.56 Å². The summed E-state index contributed by atoms with van der Waals surface area (Å²) in [4.78, 5) is 0. The molecule has 0 spiro atoms. The van der Waals surface area contributed by atoms with E-state index in [1.807, 2.05) is 0 Å². The summed E-state index contributed by atoms with van der Waals surface area (Å²) in [5, 5.41) is 3.41. The molecule has 1 heterocycles. The van der Waals surface area contributed by atoms with Crippen LogP contribution < -0.4 is 5.32 Å². The van der Waals surface area contributed by atoms with Crippen molar-refractivity contribution in [2.45, 2.75) is 66.7 Å². The largest absolute Gasteiger partial charge is 0.462 e. The van der Waals surface area contributed by atoms with E-state index in [0.29, 0.717) is 18.6 Å². The maximum Gasteiger partial charge on any atom is 0.130 e. The Balaban J connectivity index is 2.40. The number of ether oxygens (including phenoxy) is 1. The van der Waals surface area contributed by atoms with E-state index in [4.69, 9.17) is 9.15 Å². The predicted molar refractivity (Wildman–Crippen MR) is 79.1 cm³/mol. The third-order valence-corrected chi connectivity index (χ3v) is 3.12. The van der Waals surface area contributed by atoms with Crippen molar-refractivity contribution in [3.05, 3.63) is 23.2 Å². The van der Waals surface area contributed by atoms with Gasteiger partial charge in [0.2, 0.25) is 0 Å². The molecule has 19 heavy (non-hydrogen) atoms. The summed E-state index contributed by atoms with van der Waals surface area (Å²) < 4.78 is 11.6. The molecule has 1 unspecified atom stereocenters. The SMILES string of the molecule is CCCC(C)OCc1cc(C)c(CNCC(C)C)o1. The van der Waals surface area contributed by atoms with E-state index < -0.39 is 0 Å². The molecule has 1 aromatic heterocycles. The van der Waals surface area contributed by atoms with Crippen molar-refractivity contribution >= 4 is 0 Å². The zero-order valence-corrected chi connectivity index (χ0v) is 13.1. The first-order chi connectivity index (χ1) is 9.02. The van der Waals surface area contributed by atoms with Crippen molar-refractivity contribution < 1.29 is 9.15 Å². The smallest absolute Gasteiger partial charge is 0.130 e. The molecule has 0 aliphatic heterocycles. The second-order valence-corrected chi connectivity index (χ2v) is 5.75. The Morgan fingerprint density at radius 2 is 2.05 bits per heavy atom. The zero-order valence-electron chi connectivity index (χ0n) is 13.1. The molecule has 0 fully saturated rings. The highest BCUT2D eigenvalue weighted by Gasteiger charge is 2.09. The maximum atomic E-state index is 5.84. The minimum atomic E-state index is 0.304. The summed E-state index contributed by atoms with van der Waals surface area (Å²) in [6, 6.07) is 2.09. The van der Waals surface area contributed by atoms with Crippen LogP contribution in [0.2, 0.25) is 0 Å². The average Bonchev–Trinajstić information content (AvgIpc) is 2.68. The molecule has 3 nitrogen and oxygen atoms in total. The van der Waals surface area contributed by atoms with Gasteiger partial charge in [-0.2, -0.15) is 0 Å². The molecule has 0 aliphatic rings. The van der Waals surface area contributed by atoms with Crippen LogP contribution in [0.3, 0.4) is 0 Å². The summed E-state index contributed by atoms with van der Waals surface area (Å²) in [5.74, 6) is 2.62. The maximum absolute atomic E-state index is 5.84. The van der Waals surface area contributed by atoms with Gasteiger partial charge < -0.3 is 14.5 Å². The minimum Gasteiger partial charge on any atom is -0.462 e. The van der Waals surface area contributed by atoms with Crippen LogP contribution in [0.15, 0.2) is 10.5 Å². The van der Waals surface area contributed by atoms with Gasteiger partial charge in [-0.1, -0.05) is 27.2 Å². The topological polar surface area (TPSA) is 34.4 Å². The zero-order chi connectivity index (χ0) is 14.3. The van der Waals surface area contributed by atoms with Gasteiger partial charge in [-0.3, -0.25) is 0 Å². The minimum absolute atomic E-state index is 0.304. The summed E-state index contributed by atoms with van der Waals surface area (Å²) in [6.45, 7) is 13.2. The van der Waals surface area contributed by atoms with Crippen molar-refractivity contribution in [2.24, 2.45) is 5.92 Å². The Bertz CT molecular complexity index is 358. The standard InChI is InChI=1S/C16H29NO2/c1-6-7-14(5)18-11-15-8-13(4)16(19-15)10-17-9-12(2)3/h8,12,14,17H,6-7,9-11H2,1-5H3. The van der Waals surface area contributed by atoms with Crippen LogP contribution >= 0.6 is 0 Å². The first kappa shape index (κ1) is 16.3. The van der Waals surface area contributed by atoms with E-state index >= 15 is 0 Å². The Morgan fingerprint density at radius 1 is 1.32 bits per heavy atom. The lowest BCUT2D eigenvalue weighted by molar-refractivity contribution is 0.0366. The first-order valence-corrected chi connectivity index (χ1v) is 7.43. The van der Waals surface area contributed by atoms with Gasteiger partial charge in [0.15, 0.2) is 0 Å². The molecule has 1 aromatic rings. The number of aryl methyl sites for hydroxylation is 1. The van der Waals surface area contributed by atoms with Crippen molar-refractivity contribution in [3.63, 3.8) is 0 Å². The molecule has 0 aliphatic carbocycles. The van der Waals surface area contributed by atoms with Gasteiger partial charge in [-0.05, 0) is 44.4 Å². The lowest BCUT2D eigenvalue weighted by Crippen LogP contribution is -2.19. The third-order valence-electron chi connectivity index (χ3n) is 3.12. The molecule has 110 valence electrons. The highest BCUT2D eigenvalue weighted by molar-refractivity contribution is 5.19. The van der Waals surface area contributed by atoms with Crippen LogP contribution in [0, 0.1) is 12.8 Å². The molecule has 3 heteroatoms. The van der Waals surface area contributed by atoms with E-state index in [1.54, 1.807) is 0 Å². The summed E-state index contributed by atoms with van der Waals surface area (Å²) in [7, 11) is 0. The molecule has 0 saturated carbocycles. The molecule has 1 rings (SSSR count). The molecule has 1 N–H and O–H groups in total. The van der Waals surface area contributed by atoms with E-state index in [2.05, 4.69) is 46.0 Å². The number of hydrogen-bond acceptors (Lipinski definition) is 3. The van der Waals surface area contributed by atoms with Gasteiger partial charge in [0.25, 0.3) is 0 Å². The highest BCUT2D eigenvalue weighted by atomic mass is 16.5. The summed E-state index contributed by atoms with van der Waals surface area (Å²) in [6.07, 6.45) is 2.56. The van der Waals surface area contributed by atoms with Crippen LogP contribution in [0.5, 0.6) is 0 Å². The lowest BCUT2D eigenvalue weighted by atomic mass is 10.2. The fourth-order valence-electron chi connectivity index (χ4n) is 2.03. The summed E-state index contributed by atoms with van der Waals surface area (Å²) >= 11 is 0. The van der Waals surface area contributed by atoms with Crippen LogP contribution in [-0.4, -0.2) is 12.6 Å². The Labute approximate surface area is 117 Å². The number of nitrogens with one attached hydrogen (secondary N) is 1. The molecule has 0 radical (unpaired) electrons. The fraction of sp³-hybridized carbons (Fsp3) is 0.750. The average molecular weight is 267 g/mol. The summed E-state index contributed by atoms with van der Waals surface area (Å²) in [5.41, 5.74) is 1.21. The molecule has 1 atom stereocenters. The fourth-order valence-corrected chi connectivity index (χ4v) is 2.03. The Hall–Kier alpha value is -0.800. The van der Waals surface area contributed by atoms with E-state index in [-0.39, 0.29) is 0 Å². The number of furan rings is 1.